The number of fused-ring (bicyclic) bond motifs is 2. The second-order valence-electron chi connectivity index (χ2n) is 12.6. The summed E-state index contributed by atoms with van der Waals surface area (Å²) in [6.07, 6.45) is 0. The van der Waals surface area contributed by atoms with E-state index in [4.69, 9.17) is 23.2 Å². The van der Waals surface area contributed by atoms with E-state index in [0.29, 0.717) is 21.9 Å². The third kappa shape index (κ3) is 10.5. The van der Waals surface area contributed by atoms with Gasteiger partial charge in [-0.1, -0.05) is 123 Å². The van der Waals surface area contributed by atoms with Crippen LogP contribution in [0.2, 0.25) is 10.0 Å². The fourth-order valence-corrected chi connectivity index (χ4v) is 7.60. The van der Waals surface area contributed by atoms with E-state index in [1.807, 2.05) is 52.0 Å². The zero-order chi connectivity index (χ0) is 39.5. The van der Waals surface area contributed by atoms with Gasteiger partial charge in [0.15, 0.2) is 0 Å². The first-order chi connectivity index (χ1) is 25.4. The van der Waals surface area contributed by atoms with E-state index in [2.05, 4.69) is 20.5 Å². The molecule has 0 atom stereocenters. The molecule has 0 amide bonds. The first-order valence-corrected chi connectivity index (χ1v) is 19.8. The second kappa shape index (κ2) is 18.3. The van der Waals surface area contributed by atoms with Crippen LogP contribution in [0.3, 0.4) is 0 Å². The maximum Gasteiger partial charge on any atom is 2.00 e. The molecule has 0 fully saturated rings. The summed E-state index contributed by atoms with van der Waals surface area (Å²) in [5.41, 5.74) is 1.36. The molecular weight excluding hydrogens is 913 g/mol. The number of halogens is 2. The number of phenols is 1. The predicted molar refractivity (Wildman–Crippen MR) is 212 cm³/mol. The van der Waals surface area contributed by atoms with Crippen LogP contribution in [-0.2, 0) is 20.2 Å². The van der Waals surface area contributed by atoms with E-state index in [-0.39, 0.29) is 105 Å². The summed E-state index contributed by atoms with van der Waals surface area (Å²) in [7, 11) is -9.38. The molecule has 6 rings (SSSR count). The van der Waals surface area contributed by atoms with Crippen molar-refractivity contribution in [1.82, 2.24) is 0 Å². The molecule has 12 nitrogen and oxygen atoms in total. The van der Waals surface area contributed by atoms with E-state index in [1.54, 1.807) is 36.4 Å². The fraction of sp³-hybridized carbons (Fsp3) is 0.158. The van der Waals surface area contributed by atoms with Crippen molar-refractivity contribution in [2.24, 2.45) is 20.5 Å². The Morgan fingerprint density at radius 3 is 1.55 bits per heavy atom. The molecule has 0 aromatic heterocycles. The average Bonchev–Trinajstić information content (AvgIpc) is 3.10. The van der Waals surface area contributed by atoms with Crippen LogP contribution in [0.25, 0.3) is 21.5 Å². The molecule has 0 radical (unpaired) electrons. The molecule has 6 aromatic carbocycles. The third-order valence-electron chi connectivity index (χ3n) is 8.21. The van der Waals surface area contributed by atoms with Gasteiger partial charge in [-0.2, -0.15) is 13.5 Å². The number of rotatable bonds is 8. The molecule has 2 N–H and O–H groups in total. The fourth-order valence-electron chi connectivity index (χ4n) is 5.46. The molecule has 0 unspecified atom stereocenters. The minimum absolute atomic E-state index is 0. The van der Waals surface area contributed by atoms with Crippen molar-refractivity contribution < 1.29 is 36.2 Å². The van der Waals surface area contributed by atoms with Crippen LogP contribution in [0.5, 0.6) is 11.5 Å². The zero-order valence-corrected chi connectivity index (χ0v) is 37.4. The first-order valence-electron chi connectivity index (χ1n) is 16.2. The molecule has 55 heavy (non-hydrogen) atoms. The van der Waals surface area contributed by atoms with Gasteiger partial charge in [-0.3, -0.25) is 4.55 Å². The smallest absolute Gasteiger partial charge is 0.871 e. The van der Waals surface area contributed by atoms with Gasteiger partial charge in [0, 0.05) is 20.8 Å². The van der Waals surface area contributed by atoms with Crippen molar-refractivity contribution in [3.63, 3.8) is 0 Å². The van der Waals surface area contributed by atoms with Gasteiger partial charge in [0.25, 0.3) is 10.1 Å². The van der Waals surface area contributed by atoms with Crippen molar-refractivity contribution in [3.05, 3.63) is 118 Å². The number of phenolic OH excluding ortho intramolecular Hbond substituents is 1. The summed E-state index contributed by atoms with van der Waals surface area (Å²) in [5, 5.41) is 41.6. The quantitative estimate of drug-likeness (QED) is 0.0851. The summed E-state index contributed by atoms with van der Waals surface area (Å²) in [6, 6.07) is 25.8. The molecular formula is C38H32BaCl2N4O8S2. The van der Waals surface area contributed by atoms with Crippen molar-refractivity contribution in [1.29, 1.82) is 0 Å². The Labute approximate surface area is 368 Å². The average molecular weight is 945 g/mol. The number of nitrogens with zero attached hydrogens (tertiary/aromatic N) is 4. The normalized spacial score (nSPS) is 12.1. The van der Waals surface area contributed by atoms with Crippen LogP contribution in [-0.4, -0.2) is 79.9 Å². The topological polar surface area (TPSA) is 204 Å². The Balaban J connectivity index is 0.000000240. The molecule has 0 aliphatic carbocycles. The molecule has 0 spiro atoms. The Morgan fingerprint density at radius 2 is 1.05 bits per heavy atom. The Bertz CT molecular complexity index is 2510. The standard InChI is InChI=1S/2C19H17ClN2O4S.Ba/c2*1-11(2)14-9-16(18(10-15(14)20)27(24,25)26)21-22-19-13-6-4-3-5-12(13)7-8-17(19)23;/h2*3-11,23H,1-2H3,(H,24,25,26);/q;;+2/p-2. The van der Waals surface area contributed by atoms with Gasteiger partial charge in [-0.15, -0.1) is 15.3 Å². The molecule has 0 heterocycles. The van der Waals surface area contributed by atoms with Crippen molar-refractivity contribution >= 4 is 137 Å². The Kier molecular flexibility index (Phi) is 14.7. The molecule has 0 bridgehead atoms. The SMILES string of the molecule is CC(C)c1cc(N=Nc2c(O)ccc3ccccc23)c(S(=O)(=O)O)cc1Cl.CC(C)c1cc(N=Nc2c([O-])ccc3ccccc23)c(S(=O)(=O)[O-])cc1Cl.[Ba+2]. The Hall–Kier alpha value is -3.39. The van der Waals surface area contributed by atoms with E-state index in [9.17, 15) is 36.2 Å². The first kappa shape index (κ1) is 44.3. The van der Waals surface area contributed by atoms with Crippen molar-refractivity contribution in [2.75, 3.05) is 0 Å². The van der Waals surface area contributed by atoms with Gasteiger partial charge in [0.2, 0.25) is 0 Å². The molecule has 6 aromatic rings. The van der Waals surface area contributed by atoms with Gasteiger partial charge in [-0.05, 0) is 64.1 Å². The van der Waals surface area contributed by atoms with Gasteiger partial charge in [0.05, 0.1) is 10.6 Å². The summed E-state index contributed by atoms with van der Waals surface area (Å²) in [5.74, 6) is -0.471. The van der Waals surface area contributed by atoms with Gasteiger partial charge in [0.1, 0.15) is 37.8 Å². The van der Waals surface area contributed by atoms with E-state index < -0.39 is 30.0 Å². The summed E-state index contributed by atoms with van der Waals surface area (Å²) >= 11 is 12.2. The van der Waals surface area contributed by atoms with Crippen LogP contribution >= 0.6 is 23.2 Å². The molecule has 280 valence electrons. The van der Waals surface area contributed by atoms with Gasteiger partial charge in [-0.25, -0.2) is 8.42 Å². The summed E-state index contributed by atoms with van der Waals surface area (Å²) in [6.45, 7) is 7.53. The second-order valence-corrected chi connectivity index (χ2v) is 16.2. The minimum atomic E-state index is -4.82. The number of hydrogen-bond acceptors (Lipinski definition) is 11. The number of aromatic hydroxyl groups is 1. The predicted octanol–water partition coefficient (Wildman–Crippen LogP) is 10.6. The number of azo groups is 2. The van der Waals surface area contributed by atoms with E-state index >= 15 is 0 Å². The van der Waals surface area contributed by atoms with Crippen LogP contribution in [0.4, 0.5) is 22.7 Å². The molecule has 0 saturated carbocycles. The van der Waals surface area contributed by atoms with E-state index in [0.717, 1.165) is 22.9 Å². The molecule has 0 aliphatic rings. The molecule has 17 heteroatoms. The maximum absolute atomic E-state index is 12.2. The van der Waals surface area contributed by atoms with Crippen LogP contribution in [0.1, 0.15) is 50.7 Å². The molecule has 0 aliphatic heterocycles. The minimum Gasteiger partial charge on any atom is -0.871 e. The zero-order valence-electron chi connectivity index (χ0n) is 29.8. The Morgan fingerprint density at radius 1 is 0.618 bits per heavy atom. The third-order valence-corrected chi connectivity index (χ3v) is 10.6. The maximum atomic E-state index is 12.2. The van der Waals surface area contributed by atoms with Crippen LogP contribution in [0, 0.1) is 0 Å². The molecule has 0 saturated heterocycles. The monoisotopic (exact) mass is 944 g/mol. The van der Waals surface area contributed by atoms with Crippen molar-refractivity contribution in [3.8, 4) is 11.5 Å². The van der Waals surface area contributed by atoms with Crippen LogP contribution in [0.15, 0.2) is 127 Å². The van der Waals surface area contributed by atoms with Gasteiger partial charge >= 0.3 is 48.9 Å². The summed E-state index contributed by atoms with van der Waals surface area (Å²) < 4.78 is 67.8. The van der Waals surface area contributed by atoms with Crippen LogP contribution < -0.4 is 5.11 Å². The number of hydrogen-bond donors (Lipinski definition) is 2. The number of benzene rings is 6. The van der Waals surface area contributed by atoms with Gasteiger partial charge < -0.3 is 14.8 Å². The largest absolute Gasteiger partial charge is 2.00 e. The summed E-state index contributed by atoms with van der Waals surface area (Å²) in [4.78, 5) is -1.02. The van der Waals surface area contributed by atoms with E-state index in [1.165, 1.54) is 24.3 Å². The van der Waals surface area contributed by atoms with Crippen molar-refractivity contribution in [2.45, 2.75) is 49.3 Å².